The van der Waals surface area contributed by atoms with Gasteiger partial charge in [-0.15, -0.1) is 0 Å². The normalized spacial score (nSPS) is 16.9. The maximum Gasteiger partial charge on any atom is 0.410 e. The molecule has 1 saturated heterocycles. The van der Waals surface area contributed by atoms with Crippen LogP contribution < -0.4 is 31.9 Å². The summed E-state index contributed by atoms with van der Waals surface area (Å²) in [4.78, 5) is 138. The summed E-state index contributed by atoms with van der Waals surface area (Å²) in [5.41, 5.74) is 1.63. The molecule has 1 aliphatic heterocycles. The van der Waals surface area contributed by atoms with Crippen LogP contribution in [-0.2, 0) is 68.7 Å². The fourth-order valence-corrected chi connectivity index (χ4v) is 11.1. The van der Waals surface area contributed by atoms with Gasteiger partial charge in [-0.2, -0.15) is 0 Å². The lowest BCUT2D eigenvalue weighted by molar-refractivity contribution is -0.148. The van der Waals surface area contributed by atoms with E-state index < -0.39 is 120 Å². The van der Waals surface area contributed by atoms with Gasteiger partial charge in [0.2, 0.25) is 47.3 Å². The van der Waals surface area contributed by atoms with Crippen LogP contribution in [0.3, 0.4) is 0 Å². The van der Waals surface area contributed by atoms with Crippen LogP contribution in [0.4, 0.5) is 10.5 Å². The van der Waals surface area contributed by atoms with E-state index in [0.717, 1.165) is 12.2 Å². The number of hydrogen-bond acceptors (Lipinski definition) is 15. The van der Waals surface area contributed by atoms with Crippen molar-refractivity contribution in [2.45, 2.75) is 195 Å². The van der Waals surface area contributed by atoms with Crippen molar-refractivity contribution in [1.82, 2.24) is 41.3 Å². The van der Waals surface area contributed by atoms with E-state index in [9.17, 15) is 53.1 Å². The van der Waals surface area contributed by atoms with E-state index in [1.807, 2.05) is 45.9 Å². The Hall–Kier alpha value is -7.44. The predicted molar refractivity (Wildman–Crippen MR) is 341 cm³/mol. The third kappa shape index (κ3) is 23.4. The third-order valence-corrected chi connectivity index (χ3v) is 16.6. The van der Waals surface area contributed by atoms with Crippen LogP contribution in [0.5, 0.6) is 0 Å². The zero-order valence-corrected chi connectivity index (χ0v) is 55.8. The number of unbranched alkanes of at least 4 members (excludes halogenated alkanes) is 2. The van der Waals surface area contributed by atoms with Crippen molar-refractivity contribution in [3.8, 4) is 0 Å². The highest BCUT2D eigenvalue weighted by atomic mass is 16.6. The Morgan fingerprint density at radius 2 is 1.34 bits per heavy atom. The number of methoxy groups -OCH3 is 3. The number of amides is 9. The summed E-state index contributed by atoms with van der Waals surface area (Å²) < 4.78 is 22.2. The highest BCUT2D eigenvalue weighted by molar-refractivity contribution is 5.98. The van der Waals surface area contributed by atoms with E-state index in [1.54, 1.807) is 94.8 Å². The molecule has 12 atom stereocenters. The molecular weight excluding hydrogens is 1160 g/mol. The molecule has 502 valence electrons. The molecule has 9 amide bonds. The number of nitrogens with zero attached hydrogens (tertiary/aromatic N) is 3. The summed E-state index contributed by atoms with van der Waals surface area (Å²) in [5, 5.41) is 27.6. The number of esters is 1. The van der Waals surface area contributed by atoms with Crippen molar-refractivity contribution < 1.29 is 72.0 Å². The molecule has 0 aromatic heterocycles. The highest BCUT2D eigenvalue weighted by Gasteiger charge is 2.44. The molecule has 24 heteroatoms. The second kappa shape index (κ2) is 38.3. The number of aliphatic hydroxyl groups is 1. The zero-order valence-electron chi connectivity index (χ0n) is 55.8. The standard InChI is InChI=1S/C66H103N9O15/c1-17-42(8)58(50(87-14)37-53(78)75-36-24-27-49(75)60(89-16)43(9)61(81)68-44(10)59(80)47-25-20-18-21-26-47)73(12)65(85)56(40(4)5)72-64(84)57(41(6)7)74(13)66(86)90-38-46-29-31-48(32-30-46)70-62(82)45(11)69-63(83)55(39(2)3)71-52(77)28-22-19-23-35-67-51(76)33-34-54(79)88-15/h18,20-21,25-26,29-34,39-45,49-50,55-60,80H,17,19,22-24,27-28,35-38H2,1-16H3,(H,67,76)(H,68,81)(H,69,83)(H,70,82)(H,71,77)(H,72,84)/b34-33-/t42-,43+,44+,45-,49-,50+,55-,56-,57-,58-,59+,60+/m0/s1. The van der Waals surface area contributed by atoms with Gasteiger partial charge in [0.05, 0.1) is 55.9 Å². The lowest BCUT2D eigenvalue weighted by Gasteiger charge is -2.41. The SMILES string of the molecule is CC[C@H](C)[C@@H]([C@@H](CC(=O)N1CCC[C@H]1[C@H](OC)[C@@H](C)C(=O)N[C@H](C)[C@@H](O)c1ccccc1)OC)N(C)C(=O)[C@@H](NC(=O)[C@H](C(C)C)N(C)C(=O)OCc1ccc(NC(=O)[C@H](C)NC(=O)[C@@H](NC(=O)CCCCCNC(=O)/C=C\C(=O)OC)C(C)C)cc1)C(C)C. The fraction of sp³-hybridized carbons (Fsp3) is 0.636. The van der Waals surface area contributed by atoms with E-state index in [1.165, 1.54) is 40.2 Å². The summed E-state index contributed by atoms with van der Waals surface area (Å²) in [6, 6.07) is 9.92. The van der Waals surface area contributed by atoms with Gasteiger partial charge in [-0.25, -0.2) is 9.59 Å². The minimum absolute atomic E-state index is 0.0813. The molecule has 1 fully saturated rings. The van der Waals surface area contributed by atoms with Crippen LogP contribution in [0.2, 0.25) is 0 Å². The van der Waals surface area contributed by atoms with Gasteiger partial charge in [0.15, 0.2) is 0 Å². The van der Waals surface area contributed by atoms with E-state index >= 15 is 0 Å². The van der Waals surface area contributed by atoms with Crippen molar-refractivity contribution in [2.24, 2.45) is 29.6 Å². The number of aliphatic hydroxyl groups excluding tert-OH is 1. The molecule has 0 radical (unpaired) electrons. The molecule has 1 aliphatic rings. The van der Waals surface area contributed by atoms with Crippen LogP contribution in [-0.4, -0.2) is 182 Å². The maximum absolute atomic E-state index is 14.8. The summed E-state index contributed by atoms with van der Waals surface area (Å²) in [7, 11) is 7.32. The summed E-state index contributed by atoms with van der Waals surface area (Å²) in [5.74, 6) is -5.98. The first-order chi connectivity index (χ1) is 42.5. The Morgan fingerprint density at radius 3 is 1.92 bits per heavy atom. The van der Waals surface area contributed by atoms with E-state index in [2.05, 4.69) is 36.6 Å². The fourth-order valence-electron chi connectivity index (χ4n) is 11.1. The molecule has 7 N–H and O–H groups in total. The molecule has 24 nitrogen and oxygen atoms in total. The van der Waals surface area contributed by atoms with Crippen LogP contribution in [0.15, 0.2) is 66.7 Å². The third-order valence-electron chi connectivity index (χ3n) is 16.6. The molecule has 0 aliphatic carbocycles. The molecule has 3 rings (SSSR count). The van der Waals surface area contributed by atoms with Gasteiger partial charge in [-0.3, -0.25) is 43.3 Å². The maximum atomic E-state index is 14.8. The van der Waals surface area contributed by atoms with Crippen LogP contribution >= 0.6 is 0 Å². The van der Waals surface area contributed by atoms with Crippen LogP contribution in [0.25, 0.3) is 0 Å². The molecule has 0 bridgehead atoms. The number of anilines is 1. The highest BCUT2D eigenvalue weighted by Crippen LogP contribution is 2.30. The summed E-state index contributed by atoms with van der Waals surface area (Å²) in [6.07, 6.45) is 2.64. The lowest BCUT2D eigenvalue weighted by Crippen LogP contribution is -2.60. The number of rotatable bonds is 36. The molecule has 0 saturated carbocycles. The van der Waals surface area contributed by atoms with Gasteiger partial charge in [-0.1, -0.05) is 118 Å². The molecule has 2 aromatic carbocycles. The average molecular weight is 1260 g/mol. The molecular formula is C66H103N9O15. The minimum Gasteiger partial charge on any atom is -0.466 e. The van der Waals surface area contributed by atoms with E-state index in [0.29, 0.717) is 68.4 Å². The van der Waals surface area contributed by atoms with E-state index in [4.69, 9.17) is 14.2 Å². The largest absolute Gasteiger partial charge is 0.466 e. The molecule has 2 aromatic rings. The number of likely N-dealkylation sites (N-methyl/N-ethyl adjacent to an activating group) is 2. The number of hydrogen-bond donors (Lipinski definition) is 7. The van der Waals surface area contributed by atoms with Gasteiger partial charge in [0, 0.05) is 65.7 Å². The first-order valence-corrected chi connectivity index (χ1v) is 31.4. The second-order valence-corrected chi connectivity index (χ2v) is 24.5. The number of nitrogens with one attached hydrogen (secondary N) is 6. The number of likely N-dealkylation sites (tertiary alicyclic amines) is 1. The van der Waals surface area contributed by atoms with Gasteiger partial charge < -0.3 is 65.8 Å². The van der Waals surface area contributed by atoms with Gasteiger partial charge in [0.25, 0.3) is 0 Å². The Balaban J connectivity index is 1.60. The number of benzene rings is 2. The van der Waals surface area contributed by atoms with Gasteiger partial charge in [-0.05, 0) is 86.5 Å². The lowest BCUT2D eigenvalue weighted by atomic mass is 9.89. The minimum atomic E-state index is -1.06. The topological polar surface area (TPSA) is 310 Å². The first kappa shape index (κ1) is 76.8. The van der Waals surface area contributed by atoms with Gasteiger partial charge in [0.1, 0.15) is 30.8 Å². The molecule has 0 unspecified atom stereocenters. The van der Waals surface area contributed by atoms with Crippen molar-refractivity contribution in [3.63, 3.8) is 0 Å². The first-order valence-electron chi connectivity index (χ1n) is 31.4. The van der Waals surface area contributed by atoms with Crippen LogP contribution in [0, 0.1) is 29.6 Å². The summed E-state index contributed by atoms with van der Waals surface area (Å²) >= 11 is 0. The van der Waals surface area contributed by atoms with Crippen molar-refractivity contribution >= 4 is 65.0 Å². The van der Waals surface area contributed by atoms with Gasteiger partial charge >= 0.3 is 12.1 Å². The Bertz CT molecular complexity index is 2690. The average Bonchev–Trinajstić information content (AvgIpc) is 1.47. The quantitative estimate of drug-likeness (QED) is 0.0249. The Labute approximate surface area is 532 Å². The second-order valence-electron chi connectivity index (χ2n) is 24.5. The number of carbonyl (C=O) groups is 10. The molecule has 0 spiro atoms. The smallest absolute Gasteiger partial charge is 0.410 e. The van der Waals surface area contributed by atoms with Crippen molar-refractivity contribution in [3.05, 3.63) is 77.9 Å². The number of ether oxygens (including phenoxy) is 4. The molecule has 1 heterocycles. The number of carbonyl (C=O) groups excluding carboxylic acids is 10. The monoisotopic (exact) mass is 1260 g/mol. The predicted octanol–water partition coefficient (Wildman–Crippen LogP) is 5.57. The Morgan fingerprint density at radius 1 is 0.700 bits per heavy atom. The van der Waals surface area contributed by atoms with Crippen molar-refractivity contribution in [1.29, 1.82) is 0 Å². The van der Waals surface area contributed by atoms with Crippen molar-refractivity contribution in [2.75, 3.05) is 53.8 Å². The zero-order chi connectivity index (χ0) is 67.5. The Kier molecular flexibility index (Phi) is 32.7. The summed E-state index contributed by atoms with van der Waals surface area (Å²) in [6.45, 7) is 20.3. The van der Waals surface area contributed by atoms with E-state index in [-0.39, 0.29) is 49.0 Å². The van der Waals surface area contributed by atoms with Crippen LogP contribution in [0.1, 0.15) is 145 Å². The molecule has 90 heavy (non-hydrogen) atoms.